The number of nitrogens with one attached hydrogen (secondary N) is 1. The maximum absolute atomic E-state index is 12.6. The largest absolute Gasteiger partial charge is 0.368 e. The monoisotopic (exact) mass is 324 g/mol. The van der Waals surface area contributed by atoms with Gasteiger partial charge < -0.3 is 15.0 Å². The Morgan fingerprint density at radius 1 is 1.43 bits per heavy atom. The van der Waals surface area contributed by atoms with Crippen LogP contribution in [0.3, 0.4) is 0 Å². The molecular formula is C18H32N2O3. The number of hydrogen-bond donors (Lipinski definition) is 1. The van der Waals surface area contributed by atoms with Crippen molar-refractivity contribution in [2.75, 3.05) is 19.7 Å². The van der Waals surface area contributed by atoms with Gasteiger partial charge in [-0.05, 0) is 39.5 Å². The van der Waals surface area contributed by atoms with Crippen LogP contribution in [-0.4, -0.2) is 48.6 Å². The molecule has 1 rings (SSSR count). The number of piperidine rings is 1. The Bertz CT molecular complexity index is 398. The Kier molecular flexibility index (Phi) is 8.92. The fourth-order valence-electron chi connectivity index (χ4n) is 2.79. The molecule has 0 spiro atoms. The Hall–Kier alpha value is -1.36. The van der Waals surface area contributed by atoms with Crippen LogP contribution in [0.4, 0.5) is 0 Å². The lowest BCUT2D eigenvalue weighted by molar-refractivity contribution is -0.148. The van der Waals surface area contributed by atoms with Crippen molar-refractivity contribution in [2.45, 2.75) is 65.0 Å². The van der Waals surface area contributed by atoms with Crippen molar-refractivity contribution < 1.29 is 14.3 Å². The van der Waals surface area contributed by atoms with Gasteiger partial charge in [-0.1, -0.05) is 19.4 Å². The molecule has 1 N–H and O–H groups in total. The highest BCUT2D eigenvalue weighted by Crippen LogP contribution is 2.23. The fourth-order valence-corrected chi connectivity index (χ4v) is 2.79. The van der Waals surface area contributed by atoms with Gasteiger partial charge in [0.15, 0.2) is 0 Å². The lowest BCUT2D eigenvalue weighted by Gasteiger charge is -2.38. The number of rotatable bonds is 9. The van der Waals surface area contributed by atoms with Gasteiger partial charge in [-0.15, -0.1) is 6.58 Å². The first-order valence-electron chi connectivity index (χ1n) is 8.81. The predicted molar refractivity (Wildman–Crippen MR) is 92.0 cm³/mol. The summed E-state index contributed by atoms with van der Waals surface area (Å²) in [6.07, 6.45) is 5.79. The molecule has 0 aliphatic carbocycles. The first kappa shape index (κ1) is 19.7. The average Bonchev–Trinajstić information content (AvgIpc) is 2.54. The summed E-state index contributed by atoms with van der Waals surface area (Å²) in [4.78, 5) is 26.6. The summed E-state index contributed by atoms with van der Waals surface area (Å²) in [6, 6.07) is 0.160. The summed E-state index contributed by atoms with van der Waals surface area (Å²) in [5.41, 5.74) is 0. The van der Waals surface area contributed by atoms with Crippen molar-refractivity contribution >= 4 is 11.8 Å². The maximum Gasteiger partial charge on any atom is 0.251 e. The molecule has 0 saturated carbocycles. The topological polar surface area (TPSA) is 58.6 Å². The molecule has 0 bridgehead atoms. The standard InChI is InChI=1S/C18H32N2O3/c1-5-7-11-19-17(21)16-10-9-14(3)20(13-16)18(22)15(4)23-12-8-6-2/h6,14-16H,2,5,7-13H2,1,3-4H3,(H,19,21). The van der Waals surface area contributed by atoms with Gasteiger partial charge in [-0.3, -0.25) is 9.59 Å². The third kappa shape index (κ3) is 6.34. The summed E-state index contributed by atoms with van der Waals surface area (Å²) in [7, 11) is 0. The number of likely N-dealkylation sites (tertiary alicyclic amines) is 1. The molecule has 3 unspecified atom stereocenters. The summed E-state index contributed by atoms with van der Waals surface area (Å²) < 4.78 is 5.56. The van der Waals surface area contributed by atoms with Crippen LogP contribution in [0.1, 0.15) is 52.9 Å². The number of carbonyl (C=O) groups excluding carboxylic acids is 2. The number of ether oxygens (including phenoxy) is 1. The minimum atomic E-state index is -0.473. The molecule has 0 radical (unpaired) electrons. The smallest absolute Gasteiger partial charge is 0.251 e. The van der Waals surface area contributed by atoms with E-state index in [2.05, 4.69) is 18.8 Å². The Morgan fingerprint density at radius 2 is 2.17 bits per heavy atom. The Morgan fingerprint density at radius 3 is 2.83 bits per heavy atom. The van der Waals surface area contributed by atoms with Crippen molar-refractivity contribution in [3.05, 3.63) is 12.7 Å². The summed E-state index contributed by atoms with van der Waals surface area (Å²) in [6.45, 7) is 11.3. The molecule has 3 atom stereocenters. The van der Waals surface area contributed by atoms with E-state index in [-0.39, 0.29) is 23.8 Å². The molecule has 1 saturated heterocycles. The number of hydrogen-bond acceptors (Lipinski definition) is 3. The SMILES string of the molecule is C=CCCOC(C)C(=O)N1CC(C(=O)NCCCC)CCC1C. The van der Waals surface area contributed by atoms with Crippen molar-refractivity contribution in [1.82, 2.24) is 10.2 Å². The number of unbranched alkanes of at least 4 members (excludes halogenated alkanes) is 1. The van der Waals surface area contributed by atoms with Gasteiger partial charge in [-0.2, -0.15) is 0 Å². The molecule has 1 heterocycles. The van der Waals surface area contributed by atoms with Crippen molar-refractivity contribution in [2.24, 2.45) is 5.92 Å². The van der Waals surface area contributed by atoms with E-state index in [9.17, 15) is 9.59 Å². The molecule has 0 aromatic rings. The quantitative estimate of drug-likeness (QED) is 0.524. The zero-order chi connectivity index (χ0) is 17.2. The summed E-state index contributed by atoms with van der Waals surface area (Å²) in [5, 5.41) is 2.98. The second-order valence-corrected chi connectivity index (χ2v) is 6.35. The molecule has 0 aromatic carbocycles. The van der Waals surface area contributed by atoms with Gasteiger partial charge in [0.2, 0.25) is 5.91 Å². The average molecular weight is 324 g/mol. The van der Waals surface area contributed by atoms with Crippen LogP contribution in [0, 0.1) is 5.92 Å². The number of nitrogens with zero attached hydrogens (tertiary/aromatic N) is 1. The molecular weight excluding hydrogens is 292 g/mol. The van der Waals surface area contributed by atoms with Crippen LogP contribution in [0.15, 0.2) is 12.7 Å². The van der Waals surface area contributed by atoms with E-state index in [1.165, 1.54) is 0 Å². The maximum atomic E-state index is 12.6. The zero-order valence-corrected chi connectivity index (χ0v) is 14.8. The zero-order valence-electron chi connectivity index (χ0n) is 14.8. The van der Waals surface area contributed by atoms with E-state index >= 15 is 0 Å². The van der Waals surface area contributed by atoms with Crippen LogP contribution >= 0.6 is 0 Å². The highest BCUT2D eigenvalue weighted by Gasteiger charge is 2.34. The van der Waals surface area contributed by atoms with Gasteiger partial charge in [0.1, 0.15) is 6.10 Å². The highest BCUT2D eigenvalue weighted by atomic mass is 16.5. The third-order valence-corrected chi connectivity index (χ3v) is 4.40. The Balaban J connectivity index is 2.54. The molecule has 1 aliphatic rings. The van der Waals surface area contributed by atoms with Gasteiger partial charge in [0, 0.05) is 19.1 Å². The fraction of sp³-hybridized carbons (Fsp3) is 0.778. The molecule has 1 aliphatic heterocycles. The van der Waals surface area contributed by atoms with Crippen molar-refractivity contribution in [3.63, 3.8) is 0 Å². The molecule has 0 aromatic heterocycles. The molecule has 1 fully saturated rings. The molecule has 132 valence electrons. The van der Waals surface area contributed by atoms with E-state index in [0.29, 0.717) is 13.2 Å². The minimum Gasteiger partial charge on any atom is -0.368 e. The van der Waals surface area contributed by atoms with Gasteiger partial charge >= 0.3 is 0 Å². The molecule has 5 heteroatoms. The van der Waals surface area contributed by atoms with E-state index in [4.69, 9.17) is 4.74 Å². The van der Waals surface area contributed by atoms with Gasteiger partial charge in [0.25, 0.3) is 5.91 Å². The molecule has 23 heavy (non-hydrogen) atoms. The first-order valence-corrected chi connectivity index (χ1v) is 8.81. The highest BCUT2D eigenvalue weighted by molar-refractivity contribution is 5.83. The number of carbonyl (C=O) groups is 2. The van der Waals surface area contributed by atoms with Gasteiger partial charge in [-0.25, -0.2) is 0 Å². The van der Waals surface area contributed by atoms with E-state index in [0.717, 1.165) is 38.6 Å². The van der Waals surface area contributed by atoms with Crippen molar-refractivity contribution in [3.8, 4) is 0 Å². The molecule has 5 nitrogen and oxygen atoms in total. The summed E-state index contributed by atoms with van der Waals surface area (Å²) in [5.74, 6) is -0.0524. The third-order valence-electron chi connectivity index (χ3n) is 4.40. The van der Waals surface area contributed by atoms with Crippen LogP contribution in [0.5, 0.6) is 0 Å². The first-order chi connectivity index (χ1) is 11.0. The van der Waals surface area contributed by atoms with Crippen LogP contribution in [0.25, 0.3) is 0 Å². The Labute approximate surface area is 140 Å². The normalized spacial score (nSPS) is 22.5. The lowest BCUT2D eigenvalue weighted by Crippen LogP contribution is -2.52. The lowest BCUT2D eigenvalue weighted by atomic mass is 9.92. The van der Waals surface area contributed by atoms with Crippen LogP contribution < -0.4 is 5.32 Å². The second kappa shape index (κ2) is 10.4. The van der Waals surface area contributed by atoms with Gasteiger partial charge in [0.05, 0.1) is 12.5 Å². The summed E-state index contributed by atoms with van der Waals surface area (Å²) >= 11 is 0. The van der Waals surface area contributed by atoms with Crippen LogP contribution in [-0.2, 0) is 14.3 Å². The van der Waals surface area contributed by atoms with Crippen molar-refractivity contribution in [1.29, 1.82) is 0 Å². The van der Waals surface area contributed by atoms with E-state index < -0.39 is 6.10 Å². The molecule has 2 amide bonds. The minimum absolute atomic E-state index is 0.0207. The number of amides is 2. The van der Waals surface area contributed by atoms with Crippen LogP contribution in [0.2, 0.25) is 0 Å². The predicted octanol–water partition coefficient (Wildman–Crippen LogP) is 2.51. The van der Waals surface area contributed by atoms with E-state index in [1.54, 1.807) is 13.0 Å². The van der Waals surface area contributed by atoms with E-state index in [1.807, 2.05) is 11.8 Å². The second-order valence-electron chi connectivity index (χ2n) is 6.35.